The minimum Gasteiger partial charge on any atom is -0.356 e. The van der Waals surface area contributed by atoms with Crippen LogP contribution in [0.3, 0.4) is 0 Å². The van der Waals surface area contributed by atoms with Crippen LogP contribution in [-0.4, -0.2) is 23.5 Å². The average Bonchev–Trinajstić information content (AvgIpc) is 2.04. The molecule has 12 heavy (non-hydrogen) atoms. The van der Waals surface area contributed by atoms with Gasteiger partial charge in [-0.15, -0.1) is 0 Å². The first-order chi connectivity index (χ1) is 5.70. The van der Waals surface area contributed by atoms with Crippen molar-refractivity contribution in [1.82, 2.24) is 5.59 Å². The molecule has 5 nitrogen and oxygen atoms in total. The van der Waals surface area contributed by atoms with Gasteiger partial charge in [0.1, 0.15) is 0 Å². The summed E-state index contributed by atoms with van der Waals surface area (Å²) in [7, 11) is 0. The van der Waals surface area contributed by atoms with E-state index in [1.807, 2.05) is 12.5 Å². The first-order valence-electron chi connectivity index (χ1n) is 3.67. The average molecular weight is 193 g/mol. The zero-order valence-electron chi connectivity index (χ0n) is 7.08. The normalized spacial score (nSPS) is 12.6. The maximum Gasteiger partial charge on any atom is 0.327 e. The fourth-order valence-electron chi connectivity index (χ4n) is 0.528. The number of nitrogens with two attached hydrogens (primary N) is 2. The van der Waals surface area contributed by atoms with Crippen LogP contribution in [0.1, 0.15) is 13.3 Å². The Morgan fingerprint density at radius 1 is 1.75 bits per heavy atom. The topological polar surface area (TPSA) is 90.4 Å². The SMILES string of the molecule is CC(CN)SCCC(=O)ONN. The van der Waals surface area contributed by atoms with Crippen molar-refractivity contribution in [3.63, 3.8) is 0 Å². The Bertz CT molecular complexity index is 134. The van der Waals surface area contributed by atoms with Gasteiger partial charge in [-0.1, -0.05) is 12.5 Å². The molecule has 0 aliphatic heterocycles. The lowest BCUT2D eigenvalue weighted by Gasteiger charge is -2.06. The summed E-state index contributed by atoms with van der Waals surface area (Å²) >= 11 is 1.64. The highest BCUT2D eigenvalue weighted by Gasteiger charge is 2.04. The van der Waals surface area contributed by atoms with E-state index in [9.17, 15) is 4.79 Å². The fraction of sp³-hybridized carbons (Fsp3) is 0.833. The summed E-state index contributed by atoms with van der Waals surface area (Å²) in [6, 6.07) is 0. The molecule has 72 valence electrons. The summed E-state index contributed by atoms with van der Waals surface area (Å²) in [4.78, 5) is 15.0. The van der Waals surface area contributed by atoms with Gasteiger partial charge >= 0.3 is 5.97 Å². The van der Waals surface area contributed by atoms with E-state index in [2.05, 4.69) is 4.84 Å². The van der Waals surface area contributed by atoms with Crippen molar-refractivity contribution in [3.05, 3.63) is 0 Å². The van der Waals surface area contributed by atoms with E-state index in [0.29, 0.717) is 24.0 Å². The third-order valence-corrected chi connectivity index (χ3v) is 2.41. The van der Waals surface area contributed by atoms with Gasteiger partial charge in [0.15, 0.2) is 0 Å². The second kappa shape index (κ2) is 7.35. The van der Waals surface area contributed by atoms with E-state index in [0.717, 1.165) is 0 Å². The van der Waals surface area contributed by atoms with E-state index < -0.39 is 0 Å². The standard InChI is InChI=1S/C6H15N3O2S/c1-5(4-7)12-3-2-6(10)11-9-8/h5,9H,2-4,7-8H2,1H3. The zero-order valence-corrected chi connectivity index (χ0v) is 7.89. The Morgan fingerprint density at radius 2 is 2.42 bits per heavy atom. The van der Waals surface area contributed by atoms with E-state index in [-0.39, 0.29) is 5.97 Å². The van der Waals surface area contributed by atoms with Crippen molar-refractivity contribution in [2.75, 3.05) is 12.3 Å². The molecule has 6 heteroatoms. The number of thioether (sulfide) groups is 1. The van der Waals surface area contributed by atoms with Crippen LogP contribution >= 0.6 is 11.8 Å². The van der Waals surface area contributed by atoms with Gasteiger partial charge in [-0.05, 0) is 0 Å². The molecule has 0 aliphatic carbocycles. The van der Waals surface area contributed by atoms with Crippen LogP contribution in [0, 0.1) is 0 Å². The maximum atomic E-state index is 10.7. The molecule has 0 amide bonds. The van der Waals surface area contributed by atoms with Gasteiger partial charge in [-0.2, -0.15) is 11.8 Å². The molecular weight excluding hydrogens is 178 g/mol. The molecule has 5 N–H and O–H groups in total. The Balaban J connectivity index is 3.24. The Kier molecular flexibility index (Phi) is 7.17. The number of carbonyl (C=O) groups is 1. The molecule has 0 radical (unpaired) electrons. The minimum absolute atomic E-state index is 0.346. The van der Waals surface area contributed by atoms with Crippen LogP contribution in [0.4, 0.5) is 0 Å². The molecule has 0 aliphatic rings. The number of rotatable bonds is 6. The van der Waals surface area contributed by atoms with Crippen molar-refractivity contribution in [2.45, 2.75) is 18.6 Å². The van der Waals surface area contributed by atoms with Gasteiger partial charge in [0.25, 0.3) is 0 Å². The van der Waals surface area contributed by atoms with Crippen LogP contribution in [0.2, 0.25) is 0 Å². The summed E-state index contributed by atoms with van der Waals surface area (Å²) in [5.74, 6) is 5.12. The third-order valence-electron chi connectivity index (χ3n) is 1.21. The van der Waals surface area contributed by atoms with Gasteiger partial charge in [-0.3, -0.25) is 4.79 Å². The number of hydrazine groups is 1. The van der Waals surface area contributed by atoms with E-state index in [1.165, 1.54) is 0 Å². The summed E-state index contributed by atoms with van der Waals surface area (Å²) in [5, 5.41) is 0.378. The lowest BCUT2D eigenvalue weighted by molar-refractivity contribution is -0.150. The van der Waals surface area contributed by atoms with Crippen LogP contribution in [-0.2, 0) is 9.63 Å². The van der Waals surface area contributed by atoms with Crippen molar-refractivity contribution < 1.29 is 9.63 Å². The molecule has 0 spiro atoms. The van der Waals surface area contributed by atoms with Gasteiger partial charge in [-0.25, -0.2) is 5.84 Å². The summed E-state index contributed by atoms with van der Waals surface area (Å²) < 4.78 is 0. The Labute approximate surface area is 76.1 Å². The second-order valence-electron chi connectivity index (χ2n) is 2.26. The first-order valence-corrected chi connectivity index (χ1v) is 4.72. The monoisotopic (exact) mass is 193 g/mol. The van der Waals surface area contributed by atoms with Crippen molar-refractivity contribution in [1.29, 1.82) is 0 Å². The molecule has 1 atom stereocenters. The minimum atomic E-state index is -0.353. The summed E-state index contributed by atoms with van der Waals surface area (Å²) in [6.07, 6.45) is 0.346. The van der Waals surface area contributed by atoms with Gasteiger partial charge in [0.2, 0.25) is 0 Å². The molecule has 0 fully saturated rings. The van der Waals surface area contributed by atoms with Gasteiger partial charge < -0.3 is 10.6 Å². The van der Waals surface area contributed by atoms with Gasteiger partial charge in [0.05, 0.1) is 6.42 Å². The van der Waals surface area contributed by atoms with Crippen molar-refractivity contribution >= 4 is 17.7 Å². The molecular formula is C6H15N3O2S. The molecule has 0 saturated heterocycles. The smallest absolute Gasteiger partial charge is 0.327 e. The quantitative estimate of drug-likeness (QED) is 0.385. The van der Waals surface area contributed by atoms with Crippen LogP contribution in [0.15, 0.2) is 0 Å². The predicted octanol–water partition coefficient (Wildman–Crippen LogP) is -0.622. The predicted molar refractivity (Wildman–Crippen MR) is 49.0 cm³/mol. The maximum absolute atomic E-state index is 10.7. The molecule has 0 heterocycles. The van der Waals surface area contributed by atoms with Crippen LogP contribution < -0.4 is 17.2 Å². The fourth-order valence-corrected chi connectivity index (χ4v) is 1.35. The molecule has 0 rings (SSSR count). The summed E-state index contributed by atoms with van der Waals surface area (Å²) in [5.41, 5.74) is 7.21. The number of nitrogens with one attached hydrogen (secondary N) is 1. The van der Waals surface area contributed by atoms with E-state index >= 15 is 0 Å². The van der Waals surface area contributed by atoms with E-state index in [4.69, 9.17) is 11.6 Å². The molecule has 0 saturated carbocycles. The zero-order chi connectivity index (χ0) is 9.40. The van der Waals surface area contributed by atoms with Gasteiger partial charge in [0, 0.05) is 17.5 Å². The van der Waals surface area contributed by atoms with Crippen LogP contribution in [0.25, 0.3) is 0 Å². The second-order valence-corrected chi connectivity index (χ2v) is 3.81. The van der Waals surface area contributed by atoms with Crippen molar-refractivity contribution in [2.24, 2.45) is 11.6 Å². The van der Waals surface area contributed by atoms with Crippen molar-refractivity contribution in [3.8, 4) is 0 Å². The van der Waals surface area contributed by atoms with Crippen LogP contribution in [0.5, 0.6) is 0 Å². The molecule has 0 aromatic rings. The largest absolute Gasteiger partial charge is 0.356 e. The molecule has 1 unspecified atom stereocenters. The molecule has 0 aromatic heterocycles. The lowest BCUT2D eigenvalue weighted by Crippen LogP contribution is -2.26. The number of carbonyl (C=O) groups excluding carboxylic acids is 1. The highest BCUT2D eigenvalue weighted by molar-refractivity contribution is 7.99. The Morgan fingerprint density at radius 3 is 2.92 bits per heavy atom. The molecule has 0 bridgehead atoms. The third kappa shape index (κ3) is 6.41. The lowest BCUT2D eigenvalue weighted by atomic mass is 10.5. The number of hydrogen-bond acceptors (Lipinski definition) is 6. The first kappa shape index (κ1) is 11.7. The summed E-state index contributed by atoms with van der Waals surface area (Å²) in [6.45, 7) is 2.63. The number of hydrogen-bond donors (Lipinski definition) is 3. The Hall–Kier alpha value is -0.300. The van der Waals surface area contributed by atoms with E-state index in [1.54, 1.807) is 11.8 Å². The molecule has 0 aromatic carbocycles. The highest BCUT2D eigenvalue weighted by Crippen LogP contribution is 2.09. The highest BCUT2D eigenvalue weighted by atomic mass is 32.2.